The van der Waals surface area contributed by atoms with Gasteiger partial charge in [-0.15, -0.1) is 0 Å². The van der Waals surface area contributed by atoms with Gasteiger partial charge in [-0.3, -0.25) is 14.6 Å². The molecular weight excluding hydrogens is 542 g/mol. The van der Waals surface area contributed by atoms with Gasteiger partial charge in [-0.05, 0) is 60.2 Å². The number of benzene rings is 3. The molecule has 7 heteroatoms. The van der Waals surface area contributed by atoms with Crippen molar-refractivity contribution in [2.24, 2.45) is 0 Å². The highest BCUT2D eigenvalue weighted by molar-refractivity contribution is 6.30. The molecule has 6 rings (SSSR count). The molecule has 1 aromatic heterocycles. The molecule has 2 heterocycles. The number of carbonyl (C=O) groups is 1. The zero-order valence-electron chi connectivity index (χ0n) is 24.2. The smallest absolute Gasteiger partial charge is 0.271 e. The second-order valence-corrected chi connectivity index (χ2v) is 12.1. The van der Waals surface area contributed by atoms with Crippen LogP contribution in [0.4, 0.5) is 0 Å². The molecule has 2 fully saturated rings. The topological polar surface area (TPSA) is 53.4 Å². The standard InChI is InChI=1S/C35H40ClN5O/c36-31-11-7-8-27(24-31)26-40-22-20-39(21-23-40)19-18-37-35(42)33-25-34(41(38-33)32-12-5-2-6-13-32)30-16-14-29(15-17-30)28-9-3-1-4-10-28/h2,5-8,11-17,24-25,28H,1,3-4,9-10,18-23,26H2,(H,37,42). The van der Waals surface area contributed by atoms with Crippen molar-refractivity contribution in [3.8, 4) is 16.9 Å². The van der Waals surface area contributed by atoms with Crippen LogP contribution in [0.3, 0.4) is 0 Å². The molecule has 218 valence electrons. The average molecular weight is 582 g/mol. The van der Waals surface area contributed by atoms with E-state index < -0.39 is 0 Å². The number of carbonyl (C=O) groups excluding carboxylic acids is 1. The molecule has 0 radical (unpaired) electrons. The SMILES string of the molecule is O=C(NCCN1CCN(Cc2cccc(Cl)c2)CC1)c1cc(-c2ccc(C3CCCCC3)cc2)n(-c2ccccc2)n1. The molecule has 0 bridgehead atoms. The van der Waals surface area contributed by atoms with Crippen molar-refractivity contribution in [2.75, 3.05) is 39.3 Å². The summed E-state index contributed by atoms with van der Waals surface area (Å²) < 4.78 is 1.89. The van der Waals surface area contributed by atoms with Gasteiger partial charge in [0.25, 0.3) is 5.91 Å². The first-order valence-corrected chi connectivity index (χ1v) is 15.7. The van der Waals surface area contributed by atoms with Crippen molar-refractivity contribution >= 4 is 17.5 Å². The third-order valence-electron chi connectivity index (χ3n) is 8.70. The molecule has 0 spiro atoms. The van der Waals surface area contributed by atoms with Crippen molar-refractivity contribution in [1.29, 1.82) is 0 Å². The quantitative estimate of drug-likeness (QED) is 0.236. The highest BCUT2D eigenvalue weighted by atomic mass is 35.5. The summed E-state index contributed by atoms with van der Waals surface area (Å²) in [6, 6.07) is 29.0. The fourth-order valence-corrected chi connectivity index (χ4v) is 6.52. The van der Waals surface area contributed by atoms with Crippen LogP contribution in [0.1, 0.15) is 59.6 Å². The maximum absolute atomic E-state index is 13.2. The van der Waals surface area contributed by atoms with Crippen LogP contribution < -0.4 is 5.32 Å². The Hall–Kier alpha value is -3.45. The molecule has 2 aliphatic rings. The molecule has 1 saturated carbocycles. The number of piperazine rings is 1. The summed E-state index contributed by atoms with van der Waals surface area (Å²) in [5.41, 5.74) is 6.05. The minimum Gasteiger partial charge on any atom is -0.349 e. The molecule has 42 heavy (non-hydrogen) atoms. The summed E-state index contributed by atoms with van der Waals surface area (Å²) in [5, 5.41) is 8.67. The number of rotatable bonds is 9. The molecular formula is C35H40ClN5O. The summed E-state index contributed by atoms with van der Waals surface area (Å²) >= 11 is 6.15. The number of nitrogens with zero attached hydrogens (tertiary/aromatic N) is 4. The molecule has 1 saturated heterocycles. The summed E-state index contributed by atoms with van der Waals surface area (Å²) in [7, 11) is 0. The molecule has 4 aromatic rings. The summed E-state index contributed by atoms with van der Waals surface area (Å²) in [6.07, 6.45) is 6.57. The van der Waals surface area contributed by atoms with Crippen molar-refractivity contribution in [2.45, 2.75) is 44.6 Å². The third kappa shape index (κ3) is 7.12. The Labute approximate surface area is 254 Å². The Morgan fingerprint density at radius 1 is 0.833 bits per heavy atom. The highest BCUT2D eigenvalue weighted by Crippen LogP contribution is 2.34. The first-order valence-electron chi connectivity index (χ1n) is 15.4. The number of hydrogen-bond donors (Lipinski definition) is 1. The largest absolute Gasteiger partial charge is 0.349 e. The maximum atomic E-state index is 13.2. The van der Waals surface area contributed by atoms with Gasteiger partial charge in [0.1, 0.15) is 0 Å². The Kier molecular flexibility index (Phi) is 9.34. The minimum atomic E-state index is -0.135. The van der Waals surface area contributed by atoms with Crippen LogP contribution >= 0.6 is 11.6 Å². The van der Waals surface area contributed by atoms with Gasteiger partial charge >= 0.3 is 0 Å². The number of nitrogens with one attached hydrogen (secondary N) is 1. The first-order chi connectivity index (χ1) is 20.6. The molecule has 0 unspecified atom stereocenters. The lowest BCUT2D eigenvalue weighted by atomic mass is 9.84. The van der Waals surface area contributed by atoms with Crippen molar-refractivity contribution in [3.05, 3.63) is 107 Å². The molecule has 6 nitrogen and oxygen atoms in total. The summed E-state index contributed by atoms with van der Waals surface area (Å²) in [4.78, 5) is 18.1. The normalized spacial score (nSPS) is 16.9. The molecule has 1 aliphatic heterocycles. The summed E-state index contributed by atoms with van der Waals surface area (Å²) in [5.74, 6) is 0.531. The number of aromatic nitrogens is 2. The predicted molar refractivity (Wildman–Crippen MR) is 170 cm³/mol. The Morgan fingerprint density at radius 3 is 2.31 bits per heavy atom. The van der Waals surface area contributed by atoms with Gasteiger partial charge in [0, 0.05) is 56.4 Å². The fraction of sp³-hybridized carbons (Fsp3) is 0.371. The van der Waals surface area contributed by atoms with Crippen LogP contribution in [0.5, 0.6) is 0 Å². The van der Waals surface area contributed by atoms with E-state index in [1.807, 2.05) is 59.3 Å². The number of halogens is 1. The number of para-hydroxylation sites is 1. The molecule has 1 N–H and O–H groups in total. The lowest BCUT2D eigenvalue weighted by Crippen LogP contribution is -2.48. The van der Waals surface area contributed by atoms with Gasteiger partial charge in [0.2, 0.25) is 0 Å². The summed E-state index contributed by atoms with van der Waals surface area (Å²) in [6.45, 7) is 6.32. The molecule has 0 atom stereocenters. The minimum absolute atomic E-state index is 0.135. The van der Waals surface area contributed by atoms with Gasteiger partial charge in [-0.1, -0.05) is 85.5 Å². The van der Waals surface area contributed by atoms with Gasteiger partial charge in [-0.25, -0.2) is 4.68 Å². The zero-order valence-corrected chi connectivity index (χ0v) is 25.0. The predicted octanol–water partition coefficient (Wildman–Crippen LogP) is 6.79. The van der Waals surface area contributed by atoms with Crippen molar-refractivity contribution < 1.29 is 4.79 Å². The van der Waals surface area contributed by atoms with E-state index in [1.165, 1.54) is 43.2 Å². The van der Waals surface area contributed by atoms with Crippen molar-refractivity contribution in [3.63, 3.8) is 0 Å². The van der Waals surface area contributed by atoms with Crippen molar-refractivity contribution in [1.82, 2.24) is 24.9 Å². The van der Waals surface area contributed by atoms with E-state index in [9.17, 15) is 4.79 Å². The Morgan fingerprint density at radius 2 is 1.57 bits per heavy atom. The van der Waals surface area contributed by atoms with Crippen LogP contribution in [0.25, 0.3) is 16.9 Å². The average Bonchev–Trinajstić information content (AvgIpc) is 3.49. The van der Waals surface area contributed by atoms with E-state index >= 15 is 0 Å². The Balaban J connectivity index is 1.07. The van der Waals surface area contributed by atoms with E-state index in [2.05, 4.69) is 45.4 Å². The van der Waals surface area contributed by atoms with E-state index in [0.29, 0.717) is 18.2 Å². The van der Waals surface area contributed by atoms with E-state index in [0.717, 1.165) is 61.2 Å². The van der Waals surface area contributed by atoms with Crippen LogP contribution in [-0.2, 0) is 6.54 Å². The molecule has 1 aliphatic carbocycles. The number of hydrogen-bond acceptors (Lipinski definition) is 4. The monoisotopic (exact) mass is 581 g/mol. The fourth-order valence-electron chi connectivity index (χ4n) is 6.31. The number of amides is 1. The molecule has 3 aromatic carbocycles. The van der Waals surface area contributed by atoms with Crippen LogP contribution in [0.15, 0.2) is 84.9 Å². The lowest BCUT2D eigenvalue weighted by Gasteiger charge is -2.34. The molecule has 1 amide bonds. The zero-order chi connectivity index (χ0) is 28.7. The first kappa shape index (κ1) is 28.7. The third-order valence-corrected chi connectivity index (χ3v) is 8.93. The second-order valence-electron chi connectivity index (χ2n) is 11.6. The van der Waals surface area contributed by atoms with E-state index in [1.54, 1.807) is 0 Å². The van der Waals surface area contributed by atoms with Gasteiger partial charge in [0.15, 0.2) is 5.69 Å². The van der Waals surface area contributed by atoms with Gasteiger partial charge < -0.3 is 5.32 Å². The van der Waals surface area contributed by atoms with Crippen LogP contribution in [0.2, 0.25) is 5.02 Å². The van der Waals surface area contributed by atoms with E-state index in [-0.39, 0.29) is 5.91 Å². The van der Waals surface area contributed by atoms with Gasteiger partial charge in [0.05, 0.1) is 11.4 Å². The Bertz CT molecular complexity index is 1450. The van der Waals surface area contributed by atoms with Crippen LogP contribution in [-0.4, -0.2) is 64.8 Å². The lowest BCUT2D eigenvalue weighted by molar-refractivity contribution is 0.0929. The highest BCUT2D eigenvalue weighted by Gasteiger charge is 2.20. The van der Waals surface area contributed by atoms with Gasteiger partial charge in [-0.2, -0.15) is 5.10 Å². The van der Waals surface area contributed by atoms with E-state index in [4.69, 9.17) is 16.7 Å². The van der Waals surface area contributed by atoms with Crippen LogP contribution in [0, 0.1) is 0 Å². The second kappa shape index (κ2) is 13.7. The maximum Gasteiger partial charge on any atom is 0.271 e.